The van der Waals surface area contributed by atoms with Crippen LogP contribution in [0.15, 0.2) is 4.42 Å². The molecule has 0 spiro atoms. The largest absolute Gasteiger partial charge is 0.424 e. The topological polar surface area (TPSA) is 51.0 Å². The second kappa shape index (κ2) is 7.14. The zero-order valence-electron chi connectivity index (χ0n) is 11.3. The predicted molar refractivity (Wildman–Crippen MR) is 74.8 cm³/mol. The maximum absolute atomic E-state index is 5.40. The van der Waals surface area contributed by atoms with E-state index in [4.69, 9.17) is 4.42 Å². The van der Waals surface area contributed by atoms with Crippen molar-refractivity contribution in [3.8, 4) is 0 Å². The van der Waals surface area contributed by atoms with Crippen molar-refractivity contribution in [3.05, 3.63) is 11.8 Å². The van der Waals surface area contributed by atoms with Crippen LogP contribution < -0.4 is 5.32 Å². The van der Waals surface area contributed by atoms with E-state index in [1.165, 1.54) is 37.9 Å². The molecule has 1 saturated carbocycles. The highest BCUT2D eigenvalue weighted by Crippen LogP contribution is 2.27. The molecule has 1 aliphatic carbocycles. The van der Waals surface area contributed by atoms with Crippen molar-refractivity contribution in [1.82, 2.24) is 15.5 Å². The molecule has 0 saturated heterocycles. The van der Waals surface area contributed by atoms with E-state index in [9.17, 15) is 0 Å². The molecule has 1 unspecified atom stereocenters. The summed E-state index contributed by atoms with van der Waals surface area (Å²) < 4.78 is 5.40. The minimum atomic E-state index is 0.151. The molecule has 0 aliphatic heterocycles. The van der Waals surface area contributed by atoms with Gasteiger partial charge < -0.3 is 9.73 Å². The average molecular weight is 269 g/mol. The molecule has 1 heterocycles. The minimum absolute atomic E-state index is 0.151. The molecule has 1 atom stereocenters. The van der Waals surface area contributed by atoms with Gasteiger partial charge in [0, 0.05) is 24.5 Å². The molecule has 0 amide bonds. The molecule has 0 radical (unpaired) electrons. The van der Waals surface area contributed by atoms with Crippen molar-refractivity contribution in [3.63, 3.8) is 0 Å². The zero-order chi connectivity index (χ0) is 12.8. The molecule has 1 aliphatic rings. The van der Waals surface area contributed by atoms with E-state index in [0.717, 1.165) is 11.8 Å². The second-order valence-corrected chi connectivity index (χ2v) is 6.37. The first-order valence-electron chi connectivity index (χ1n) is 6.90. The van der Waals surface area contributed by atoms with Gasteiger partial charge in [-0.15, -0.1) is 10.2 Å². The van der Waals surface area contributed by atoms with Crippen molar-refractivity contribution >= 4 is 11.8 Å². The predicted octanol–water partition coefficient (Wildman–Crippen LogP) is 3.09. The van der Waals surface area contributed by atoms with Crippen LogP contribution in [0.1, 0.15) is 56.9 Å². The monoisotopic (exact) mass is 269 g/mol. The first kappa shape index (κ1) is 13.9. The first-order valence-corrected chi connectivity index (χ1v) is 7.95. The van der Waals surface area contributed by atoms with E-state index >= 15 is 0 Å². The summed E-state index contributed by atoms with van der Waals surface area (Å²) in [5.74, 6) is 2.49. The van der Waals surface area contributed by atoms with E-state index in [1.807, 2.05) is 6.92 Å². The van der Waals surface area contributed by atoms with E-state index in [2.05, 4.69) is 34.2 Å². The van der Waals surface area contributed by atoms with Crippen LogP contribution in [0.25, 0.3) is 0 Å². The van der Waals surface area contributed by atoms with Crippen LogP contribution >= 0.6 is 11.8 Å². The Morgan fingerprint density at radius 2 is 2.11 bits per heavy atom. The third kappa shape index (κ3) is 4.28. The number of nitrogens with one attached hydrogen (secondary N) is 1. The molecular weight excluding hydrogens is 246 g/mol. The summed E-state index contributed by atoms with van der Waals surface area (Å²) >= 11 is 2.11. The number of nitrogens with zero attached hydrogens (tertiary/aromatic N) is 2. The molecule has 1 N–H and O–H groups in total. The maximum Gasteiger partial charge on any atom is 0.233 e. The van der Waals surface area contributed by atoms with Gasteiger partial charge in [0.25, 0.3) is 0 Å². The fourth-order valence-electron chi connectivity index (χ4n) is 2.31. The van der Waals surface area contributed by atoms with Crippen molar-refractivity contribution < 1.29 is 4.42 Å². The van der Waals surface area contributed by atoms with Gasteiger partial charge in [-0.2, -0.15) is 11.8 Å². The van der Waals surface area contributed by atoms with Gasteiger partial charge in [0.15, 0.2) is 0 Å². The van der Waals surface area contributed by atoms with Crippen molar-refractivity contribution in [2.75, 3.05) is 12.3 Å². The number of hydrogen-bond donors (Lipinski definition) is 1. The van der Waals surface area contributed by atoms with E-state index < -0.39 is 0 Å². The third-order valence-corrected chi connectivity index (χ3v) is 4.75. The molecule has 2 rings (SSSR count). The van der Waals surface area contributed by atoms with E-state index in [0.29, 0.717) is 11.8 Å². The number of rotatable bonds is 6. The Kier molecular flexibility index (Phi) is 5.50. The Morgan fingerprint density at radius 1 is 1.33 bits per heavy atom. The van der Waals surface area contributed by atoms with Gasteiger partial charge in [0.2, 0.25) is 11.8 Å². The number of hydrogen-bond acceptors (Lipinski definition) is 5. The Labute approximate surface area is 113 Å². The van der Waals surface area contributed by atoms with Crippen LogP contribution in [0.3, 0.4) is 0 Å². The molecule has 5 heteroatoms. The van der Waals surface area contributed by atoms with Gasteiger partial charge in [-0.3, -0.25) is 0 Å². The third-order valence-electron chi connectivity index (χ3n) is 3.37. The van der Waals surface area contributed by atoms with Gasteiger partial charge >= 0.3 is 0 Å². The molecule has 1 fully saturated rings. The lowest BCUT2D eigenvalue weighted by atomic mass is 10.0. The first-order chi connectivity index (χ1) is 8.75. The summed E-state index contributed by atoms with van der Waals surface area (Å²) in [5.41, 5.74) is 0. The standard InChI is InChI=1S/C13H23N3OS/c1-10(13-16-15-11(2)17-13)14-8-9-18-12-6-4-3-5-7-12/h10,12,14H,3-9H2,1-2H3. The van der Waals surface area contributed by atoms with Gasteiger partial charge in [0.1, 0.15) is 0 Å². The quantitative estimate of drug-likeness (QED) is 0.804. The Morgan fingerprint density at radius 3 is 2.78 bits per heavy atom. The van der Waals surface area contributed by atoms with Gasteiger partial charge in [0.05, 0.1) is 6.04 Å². The minimum Gasteiger partial charge on any atom is -0.424 e. The van der Waals surface area contributed by atoms with Gasteiger partial charge in [-0.25, -0.2) is 0 Å². The lowest BCUT2D eigenvalue weighted by Crippen LogP contribution is -2.22. The van der Waals surface area contributed by atoms with E-state index in [-0.39, 0.29) is 6.04 Å². The Hall–Kier alpha value is -0.550. The number of thioether (sulfide) groups is 1. The summed E-state index contributed by atoms with van der Waals surface area (Å²) in [6.07, 6.45) is 7.08. The normalized spacial score (nSPS) is 19.0. The fourth-order valence-corrected chi connectivity index (χ4v) is 3.54. The molecule has 0 bridgehead atoms. The Bertz CT molecular complexity index is 350. The zero-order valence-corrected chi connectivity index (χ0v) is 12.1. The molecule has 1 aromatic rings. The van der Waals surface area contributed by atoms with Crippen LogP contribution in [0, 0.1) is 6.92 Å². The SMILES string of the molecule is Cc1nnc(C(C)NCCSC2CCCCC2)o1. The van der Waals surface area contributed by atoms with Crippen LogP contribution in [0.5, 0.6) is 0 Å². The average Bonchev–Trinajstić information content (AvgIpc) is 2.82. The van der Waals surface area contributed by atoms with Crippen molar-refractivity contribution in [1.29, 1.82) is 0 Å². The summed E-state index contributed by atoms with van der Waals surface area (Å²) in [7, 11) is 0. The van der Waals surface area contributed by atoms with Crippen LogP contribution in [-0.4, -0.2) is 27.7 Å². The second-order valence-electron chi connectivity index (χ2n) is 4.97. The lowest BCUT2D eigenvalue weighted by Gasteiger charge is -2.21. The molecule has 0 aromatic carbocycles. The van der Waals surface area contributed by atoms with E-state index in [1.54, 1.807) is 0 Å². The molecule has 1 aromatic heterocycles. The smallest absolute Gasteiger partial charge is 0.233 e. The number of aromatic nitrogens is 2. The van der Waals surface area contributed by atoms with Crippen molar-refractivity contribution in [2.24, 2.45) is 0 Å². The molecular formula is C13H23N3OS. The highest BCUT2D eigenvalue weighted by atomic mass is 32.2. The number of aryl methyl sites for hydroxylation is 1. The lowest BCUT2D eigenvalue weighted by molar-refractivity contribution is 0.407. The van der Waals surface area contributed by atoms with Crippen LogP contribution in [-0.2, 0) is 0 Å². The molecule has 18 heavy (non-hydrogen) atoms. The van der Waals surface area contributed by atoms with Crippen LogP contribution in [0.4, 0.5) is 0 Å². The fraction of sp³-hybridized carbons (Fsp3) is 0.846. The Balaban J connectivity index is 1.60. The van der Waals surface area contributed by atoms with Crippen LogP contribution in [0.2, 0.25) is 0 Å². The summed E-state index contributed by atoms with van der Waals surface area (Å²) in [6.45, 7) is 4.89. The maximum atomic E-state index is 5.40. The van der Waals surface area contributed by atoms with Gasteiger partial charge in [-0.05, 0) is 19.8 Å². The van der Waals surface area contributed by atoms with Crippen molar-refractivity contribution in [2.45, 2.75) is 57.2 Å². The summed E-state index contributed by atoms with van der Waals surface area (Å²) in [5, 5.41) is 12.2. The summed E-state index contributed by atoms with van der Waals surface area (Å²) in [4.78, 5) is 0. The van der Waals surface area contributed by atoms with Gasteiger partial charge in [-0.1, -0.05) is 19.3 Å². The molecule has 4 nitrogen and oxygen atoms in total. The summed E-state index contributed by atoms with van der Waals surface area (Å²) in [6, 6.07) is 0.151. The molecule has 102 valence electrons. The highest BCUT2D eigenvalue weighted by molar-refractivity contribution is 7.99. The highest BCUT2D eigenvalue weighted by Gasteiger charge is 2.14.